The van der Waals surface area contributed by atoms with Crippen molar-refractivity contribution in [3.8, 4) is 11.5 Å². The Balaban J connectivity index is 3.05. The summed E-state index contributed by atoms with van der Waals surface area (Å²) in [5.41, 5.74) is 5.50. The van der Waals surface area contributed by atoms with Crippen LogP contribution in [-0.2, 0) is 4.79 Å². The molecule has 0 fully saturated rings. The number of rotatable bonds is 5. The lowest BCUT2D eigenvalue weighted by Gasteiger charge is -2.17. The van der Waals surface area contributed by atoms with Crippen LogP contribution >= 0.6 is 0 Å². The maximum atomic E-state index is 13.8. The molecule has 1 unspecified atom stereocenters. The van der Waals surface area contributed by atoms with Crippen molar-refractivity contribution in [3.05, 3.63) is 23.5 Å². The van der Waals surface area contributed by atoms with Crippen LogP contribution < -0.4 is 20.5 Å². The van der Waals surface area contributed by atoms with E-state index in [-0.39, 0.29) is 12.5 Å². The van der Waals surface area contributed by atoms with Gasteiger partial charge in [-0.1, -0.05) is 0 Å². The van der Waals surface area contributed by atoms with E-state index in [0.29, 0.717) is 17.1 Å². The first-order valence-corrected chi connectivity index (χ1v) is 5.44. The molecule has 5 nitrogen and oxygen atoms in total. The summed E-state index contributed by atoms with van der Waals surface area (Å²) in [5, 5.41) is 2.58. The van der Waals surface area contributed by atoms with Crippen LogP contribution in [0.3, 0.4) is 0 Å². The lowest BCUT2D eigenvalue weighted by atomic mass is 10.1. The number of methoxy groups -OCH3 is 2. The van der Waals surface area contributed by atoms with Crippen molar-refractivity contribution < 1.29 is 18.7 Å². The Morgan fingerprint density at radius 3 is 2.44 bits per heavy atom. The van der Waals surface area contributed by atoms with Crippen LogP contribution in [0.5, 0.6) is 11.5 Å². The molecule has 3 N–H and O–H groups in total. The molecule has 6 heteroatoms. The maximum absolute atomic E-state index is 13.8. The molecule has 1 amide bonds. The maximum Gasteiger partial charge on any atom is 0.234 e. The minimum atomic E-state index is -0.499. The van der Waals surface area contributed by atoms with Gasteiger partial charge in [0, 0.05) is 11.6 Å². The van der Waals surface area contributed by atoms with Gasteiger partial charge in [0.2, 0.25) is 5.91 Å². The summed E-state index contributed by atoms with van der Waals surface area (Å²) in [7, 11) is 2.89. The Kier molecular flexibility index (Phi) is 4.91. The highest BCUT2D eigenvalue weighted by molar-refractivity contribution is 5.78. The predicted molar refractivity (Wildman–Crippen MR) is 65.1 cm³/mol. The second kappa shape index (κ2) is 6.20. The fourth-order valence-electron chi connectivity index (χ4n) is 1.58. The molecule has 1 atom stereocenters. The highest BCUT2D eigenvalue weighted by Crippen LogP contribution is 2.32. The van der Waals surface area contributed by atoms with E-state index in [1.165, 1.54) is 26.4 Å². The zero-order valence-corrected chi connectivity index (χ0v) is 10.6. The molecule has 1 rings (SSSR count). The van der Waals surface area contributed by atoms with E-state index in [0.717, 1.165) is 0 Å². The van der Waals surface area contributed by atoms with Gasteiger partial charge in [0.05, 0.1) is 26.8 Å². The number of hydrogen-bond acceptors (Lipinski definition) is 4. The van der Waals surface area contributed by atoms with Gasteiger partial charge < -0.3 is 20.5 Å². The molecule has 0 aromatic heterocycles. The minimum absolute atomic E-state index is 0.140. The van der Waals surface area contributed by atoms with Crippen LogP contribution in [-0.4, -0.2) is 26.7 Å². The summed E-state index contributed by atoms with van der Waals surface area (Å²) in [6, 6.07) is 2.22. The Morgan fingerprint density at radius 1 is 1.39 bits per heavy atom. The van der Waals surface area contributed by atoms with Crippen molar-refractivity contribution in [2.45, 2.75) is 13.0 Å². The number of carbonyl (C=O) groups is 1. The first-order valence-electron chi connectivity index (χ1n) is 5.44. The van der Waals surface area contributed by atoms with Crippen LogP contribution in [0, 0.1) is 5.82 Å². The molecule has 0 aliphatic heterocycles. The Bertz CT molecular complexity index is 438. The highest BCUT2D eigenvalue weighted by Gasteiger charge is 2.17. The third-order valence-electron chi connectivity index (χ3n) is 2.53. The highest BCUT2D eigenvalue weighted by atomic mass is 19.1. The summed E-state index contributed by atoms with van der Waals surface area (Å²) in [6.45, 7) is 1.52. The molecule has 0 radical (unpaired) electrons. The van der Waals surface area contributed by atoms with E-state index in [2.05, 4.69) is 5.32 Å². The number of amides is 1. The summed E-state index contributed by atoms with van der Waals surface area (Å²) < 4.78 is 23.9. The molecule has 0 heterocycles. The predicted octanol–water partition coefficient (Wildman–Crippen LogP) is 0.979. The number of carbonyl (C=O) groups excluding carboxylic acids is 1. The van der Waals surface area contributed by atoms with Gasteiger partial charge >= 0.3 is 0 Å². The Hall–Kier alpha value is -1.82. The lowest BCUT2D eigenvalue weighted by molar-refractivity contribution is -0.120. The lowest BCUT2D eigenvalue weighted by Crippen LogP contribution is -2.32. The zero-order valence-electron chi connectivity index (χ0n) is 10.6. The van der Waals surface area contributed by atoms with Crippen LogP contribution in [0.2, 0.25) is 0 Å². The van der Waals surface area contributed by atoms with E-state index in [9.17, 15) is 9.18 Å². The van der Waals surface area contributed by atoms with Crippen molar-refractivity contribution >= 4 is 5.91 Å². The van der Waals surface area contributed by atoms with Gasteiger partial charge in [0.25, 0.3) is 0 Å². The number of ether oxygens (including phenoxy) is 2. The fraction of sp³-hybridized carbons (Fsp3) is 0.417. The molecular weight excluding hydrogens is 239 g/mol. The quantitative estimate of drug-likeness (QED) is 0.823. The topological polar surface area (TPSA) is 73.6 Å². The van der Waals surface area contributed by atoms with Crippen LogP contribution in [0.15, 0.2) is 12.1 Å². The number of benzene rings is 1. The Morgan fingerprint density at radius 2 is 1.94 bits per heavy atom. The number of halogens is 1. The van der Waals surface area contributed by atoms with E-state index in [1.807, 2.05) is 0 Å². The van der Waals surface area contributed by atoms with Gasteiger partial charge in [-0.25, -0.2) is 4.39 Å². The van der Waals surface area contributed by atoms with Crippen molar-refractivity contribution in [2.24, 2.45) is 5.73 Å². The molecule has 0 aliphatic rings. The summed E-state index contributed by atoms with van der Waals surface area (Å²) >= 11 is 0. The van der Waals surface area contributed by atoms with Gasteiger partial charge in [0.1, 0.15) is 5.82 Å². The minimum Gasteiger partial charge on any atom is -0.493 e. The van der Waals surface area contributed by atoms with Crippen LogP contribution in [0.1, 0.15) is 18.5 Å². The average molecular weight is 256 g/mol. The second-order valence-corrected chi connectivity index (χ2v) is 3.72. The second-order valence-electron chi connectivity index (χ2n) is 3.72. The first kappa shape index (κ1) is 14.2. The average Bonchev–Trinajstić information content (AvgIpc) is 2.37. The molecule has 0 saturated heterocycles. The number of nitrogens with one attached hydrogen (secondary N) is 1. The molecule has 1 aromatic carbocycles. The first-order chi connectivity index (χ1) is 8.53. The third kappa shape index (κ3) is 3.10. The van der Waals surface area contributed by atoms with Gasteiger partial charge in [0.15, 0.2) is 11.5 Å². The van der Waals surface area contributed by atoms with E-state index in [1.54, 1.807) is 6.92 Å². The van der Waals surface area contributed by atoms with Crippen LogP contribution in [0.4, 0.5) is 4.39 Å². The van der Waals surface area contributed by atoms with Crippen LogP contribution in [0.25, 0.3) is 0 Å². The largest absolute Gasteiger partial charge is 0.493 e. The molecule has 0 saturated carbocycles. The molecular formula is C12H17FN2O3. The monoisotopic (exact) mass is 256 g/mol. The Labute approximate surface area is 105 Å². The van der Waals surface area contributed by atoms with Crippen molar-refractivity contribution in [3.63, 3.8) is 0 Å². The van der Waals surface area contributed by atoms with Gasteiger partial charge in [-0.2, -0.15) is 0 Å². The van der Waals surface area contributed by atoms with E-state index < -0.39 is 11.9 Å². The van der Waals surface area contributed by atoms with Crippen molar-refractivity contribution in [1.29, 1.82) is 0 Å². The summed E-state index contributed by atoms with van der Waals surface area (Å²) in [4.78, 5) is 11.2. The van der Waals surface area contributed by atoms with Crippen molar-refractivity contribution in [2.75, 3.05) is 20.8 Å². The third-order valence-corrected chi connectivity index (χ3v) is 2.53. The molecule has 1 aromatic rings. The molecule has 0 spiro atoms. The zero-order chi connectivity index (χ0) is 13.7. The molecule has 0 bridgehead atoms. The van der Waals surface area contributed by atoms with E-state index in [4.69, 9.17) is 15.2 Å². The SMILES string of the molecule is COc1cc(F)c(C(C)NC(=O)CN)cc1OC. The van der Waals surface area contributed by atoms with Gasteiger partial charge in [-0.05, 0) is 13.0 Å². The number of nitrogens with two attached hydrogens (primary N) is 1. The normalized spacial score (nSPS) is 11.8. The van der Waals surface area contributed by atoms with Gasteiger partial charge in [-0.15, -0.1) is 0 Å². The number of hydrogen-bond donors (Lipinski definition) is 2. The molecule has 18 heavy (non-hydrogen) atoms. The van der Waals surface area contributed by atoms with Crippen molar-refractivity contribution in [1.82, 2.24) is 5.32 Å². The standard InChI is InChI=1S/C12H17FN2O3/c1-7(15-12(16)6-14)8-4-10(17-2)11(18-3)5-9(8)13/h4-5,7H,6,14H2,1-3H3,(H,15,16). The molecule has 100 valence electrons. The summed E-state index contributed by atoms with van der Waals surface area (Å²) in [5.74, 6) is -0.118. The fourth-order valence-corrected chi connectivity index (χ4v) is 1.58. The molecule has 0 aliphatic carbocycles. The van der Waals surface area contributed by atoms with E-state index >= 15 is 0 Å². The summed E-state index contributed by atoms with van der Waals surface area (Å²) in [6.07, 6.45) is 0. The van der Waals surface area contributed by atoms with Gasteiger partial charge in [-0.3, -0.25) is 4.79 Å². The smallest absolute Gasteiger partial charge is 0.234 e.